The fourth-order valence-electron chi connectivity index (χ4n) is 5.53. The maximum absolute atomic E-state index is 6.77. The van der Waals surface area contributed by atoms with Crippen molar-refractivity contribution in [2.75, 3.05) is 0 Å². The van der Waals surface area contributed by atoms with E-state index in [2.05, 4.69) is 58.2 Å². The van der Waals surface area contributed by atoms with Crippen LogP contribution in [0.5, 0.6) is 23.0 Å². The first-order chi connectivity index (χ1) is 25.7. The number of nitrogens with zero attached hydrogens (tertiary/aromatic N) is 1. The summed E-state index contributed by atoms with van der Waals surface area (Å²) in [5.41, 5.74) is 6.66. The van der Waals surface area contributed by atoms with Gasteiger partial charge in [0.2, 0.25) is 0 Å². The predicted molar refractivity (Wildman–Crippen MR) is 214 cm³/mol. The molecular weight excluding hydrogens is 703 g/mol. The van der Waals surface area contributed by atoms with Crippen molar-refractivity contribution in [2.45, 2.75) is 0 Å². The fourth-order valence-corrected chi connectivity index (χ4v) is 12.3. The average Bonchev–Trinajstić information content (AvgIpc) is 3.20. The quantitative estimate of drug-likeness (QED) is 0.129. The minimum atomic E-state index is -3.30. The second-order valence-corrected chi connectivity index (χ2v) is 16.9. The summed E-state index contributed by atoms with van der Waals surface area (Å²) >= 11 is 0. The third-order valence-electron chi connectivity index (χ3n) is 8.07. The van der Waals surface area contributed by atoms with E-state index in [1.165, 1.54) is 0 Å². The van der Waals surface area contributed by atoms with Crippen LogP contribution in [-0.2, 0) is 0 Å². The van der Waals surface area contributed by atoms with Gasteiger partial charge in [0.05, 0.1) is 0 Å². The predicted octanol–water partition coefficient (Wildman–Crippen LogP) is 12.9. The van der Waals surface area contributed by atoms with Crippen LogP contribution in [0.15, 0.2) is 199 Å². The molecule has 2 N–H and O–H groups in total. The third-order valence-corrected chi connectivity index (χ3v) is 14.5. The molecule has 256 valence electrons. The Kier molecular flexibility index (Phi) is 10.4. The minimum Gasteiger partial charge on any atom is -0.444 e. The molecule has 1 heterocycles. The summed E-state index contributed by atoms with van der Waals surface area (Å²) in [6, 6.07) is 64.3. The molecule has 10 heteroatoms. The molecule has 0 radical (unpaired) electrons. The van der Waals surface area contributed by atoms with Gasteiger partial charge in [-0.3, -0.25) is 0 Å². The Morgan fingerprint density at radius 1 is 0.365 bits per heavy atom. The molecule has 0 bridgehead atoms. The van der Waals surface area contributed by atoms with Gasteiger partial charge < -0.3 is 18.1 Å². The summed E-state index contributed by atoms with van der Waals surface area (Å²) in [4.78, 5) is 6.99. The summed E-state index contributed by atoms with van der Waals surface area (Å²) in [5.74, 6) is 2.56. The first-order valence-corrected chi connectivity index (χ1v) is 20.7. The van der Waals surface area contributed by atoms with Gasteiger partial charge in [0.1, 0.15) is 23.0 Å². The zero-order valence-corrected chi connectivity index (χ0v) is 30.6. The number of hydrogen-bond donors (Lipinski definition) is 2. The second-order valence-electron chi connectivity index (χ2n) is 11.7. The molecule has 3 unspecified atom stereocenters. The summed E-state index contributed by atoms with van der Waals surface area (Å²) in [6.45, 7) is 0. The number of nitrogens with one attached hydrogen (secondary N) is 2. The monoisotopic (exact) mass is 737 g/mol. The van der Waals surface area contributed by atoms with Gasteiger partial charge in [-0.1, -0.05) is 146 Å². The summed E-state index contributed by atoms with van der Waals surface area (Å²) in [7, 11) is -6.60. The third kappa shape index (κ3) is 8.44. The van der Waals surface area contributed by atoms with Crippen LogP contribution in [0.3, 0.4) is 0 Å². The Balaban J connectivity index is 1.12. The van der Waals surface area contributed by atoms with Crippen molar-refractivity contribution < 1.29 is 18.1 Å². The highest BCUT2D eigenvalue weighted by atomic mass is 31.3. The molecule has 0 aromatic heterocycles. The molecule has 7 nitrogen and oxygen atoms in total. The van der Waals surface area contributed by atoms with E-state index in [0.717, 1.165) is 33.4 Å². The first kappa shape index (κ1) is 33.9. The van der Waals surface area contributed by atoms with E-state index in [1.807, 2.05) is 146 Å². The molecule has 0 amide bonds. The smallest absolute Gasteiger partial charge is 0.409 e. The topological polar surface area (TPSA) is 73.3 Å². The lowest BCUT2D eigenvalue weighted by molar-refractivity contribution is 0.465. The molecule has 1 aliphatic heterocycles. The molecule has 0 fully saturated rings. The number of benzene rings is 7. The molecule has 7 aromatic rings. The molecule has 1 aliphatic rings. The molecule has 0 saturated carbocycles. The molecule has 0 saturated heterocycles. The summed E-state index contributed by atoms with van der Waals surface area (Å²) in [6.07, 6.45) is 0. The van der Waals surface area contributed by atoms with E-state index in [4.69, 9.17) is 22.6 Å². The molecule has 52 heavy (non-hydrogen) atoms. The highest BCUT2D eigenvalue weighted by Gasteiger charge is 2.40. The highest BCUT2D eigenvalue weighted by Crippen LogP contribution is 2.65. The number of hydrogen-bond acceptors (Lipinski definition) is 7. The standard InChI is InChI=1S/C42H34N3O4P3/c1-5-13-33(14-6-1)36-21-27-39(28-22-36)46-50-43-51(47-40-29-23-37(24-30-40)34-15-7-2-8-16-34)45-52(44-50,48-41-19-11-4-12-20-41)49-42-31-25-38(26-32-42)35-17-9-3-10-18-35/h1-32,43-44H. The van der Waals surface area contributed by atoms with Crippen LogP contribution in [-0.4, -0.2) is 0 Å². The van der Waals surface area contributed by atoms with E-state index in [9.17, 15) is 0 Å². The number of para-hydroxylation sites is 1. The molecule has 0 spiro atoms. The van der Waals surface area contributed by atoms with Crippen LogP contribution in [0.25, 0.3) is 33.4 Å². The van der Waals surface area contributed by atoms with Gasteiger partial charge in [-0.2, -0.15) is 4.86 Å². The lowest BCUT2D eigenvalue weighted by Crippen LogP contribution is -2.26. The Morgan fingerprint density at radius 3 is 1.15 bits per heavy atom. The van der Waals surface area contributed by atoms with Crippen molar-refractivity contribution in [2.24, 2.45) is 4.52 Å². The van der Waals surface area contributed by atoms with Crippen LogP contribution >= 0.6 is 24.6 Å². The Labute approximate surface area is 306 Å². The van der Waals surface area contributed by atoms with Crippen molar-refractivity contribution in [1.82, 2.24) is 9.72 Å². The van der Waals surface area contributed by atoms with Crippen molar-refractivity contribution in [3.05, 3.63) is 194 Å². The second kappa shape index (κ2) is 16.0. The first-order valence-electron chi connectivity index (χ1n) is 16.7. The van der Waals surface area contributed by atoms with Gasteiger partial charge in [-0.15, -0.1) is 9.37 Å². The molecular formula is C42H34N3O4P3. The van der Waals surface area contributed by atoms with Gasteiger partial charge >= 0.3 is 16.1 Å². The Hall–Kier alpha value is -5.25. The minimum absolute atomic E-state index is 0.603. The van der Waals surface area contributed by atoms with E-state index in [0.29, 0.717) is 23.0 Å². The van der Waals surface area contributed by atoms with E-state index < -0.39 is 24.6 Å². The fraction of sp³-hybridized carbons (Fsp3) is 0. The van der Waals surface area contributed by atoms with E-state index in [-0.39, 0.29) is 0 Å². The van der Waals surface area contributed by atoms with Crippen LogP contribution < -0.4 is 27.8 Å². The van der Waals surface area contributed by atoms with Crippen molar-refractivity contribution in [1.29, 1.82) is 0 Å². The molecule has 0 aliphatic carbocycles. The normalized spacial score (nSPS) is 18.1. The van der Waals surface area contributed by atoms with Crippen molar-refractivity contribution in [3.8, 4) is 56.4 Å². The van der Waals surface area contributed by atoms with Crippen molar-refractivity contribution >= 4 is 24.6 Å². The van der Waals surface area contributed by atoms with Gasteiger partial charge in [-0.25, -0.2) is 0 Å². The lowest BCUT2D eigenvalue weighted by Gasteiger charge is -2.34. The highest BCUT2D eigenvalue weighted by molar-refractivity contribution is 7.79. The maximum atomic E-state index is 6.77. The SMILES string of the molecule is c1ccc(OP2(Oc3ccc(-c4ccccc4)cc3)=NP(Oc3ccc(-c4ccccc4)cc3)NP(Oc3ccc(-c4ccccc4)cc3)N2)cc1. The zero-order chi connectivity index (χ0) is 35.0. The zero-order valence-electron chi connectivity index (χ0n) is 27.9. The van der Waals surface area contributed by atoms with Crippen LogP contribution in [0.4, 0.5) is 0 Å². The van der Waals surface area contributed by atoms with Crippen molar-refractivity contribution in [3.63, 3.8) is 0 Å². The van der Waals surface area contributed by atoms with Crippen LogP contribution in [0, 0.1) is 0 Å². The van der Waals surface area contributed by atoms with Gasteiger partial charge in [0, 0.05) is 0 Å². The largest absolute Gasteiger partial charge is 0.444 e. The summed E-state index contributed by atoms with van der Waals surface area (Å²) in [5, 5.41) is 0. The molecule has 8 rings (SSSR count). The van der Waals surface area contributed by atoms with Crippen LogP contribution in [0.2, 0.25) is 0 Å². The average molecular weight is 738 g/mol. The molecule has 3 atom stereocenters. The lowest BCUT2D eigenvalue weighted by atomic mass is 10.1. The maximum Gasteiger partial charge on any atom is 0.409 e. The van der Waals surface area contributed by atoms with Gasteiger partial charge in [0.15, 0.2) is 0 Å². The van der Waals surface area contributed by atoms with Gasteiger partial charge in [-0.05, 0) is 81.9 Å². The van der Waals surface area contributed by atoms with E-state index >= 15 is 0 Å². The molecule has 7 aromatic carbocycles. The summed E-state index contributed by atoms with van der Waals surface area (Å²) < 4.78 is 31.7. The van der Waals surface area contributed by atoms with Gasteiger partial charge in [0.25, 0.3) is 8.45 Å². The van der Waals surface area contributed by atoms with Crippen LogP contribution in [0.1, 0.15) is 0 Å². The Morgan fingerprint density at radius 2 is 0.712 bits per heavy atom. The Bertz CT molecular complexity index is 2250. The van der Waals surface area contributed by atoms with E-state index in [1.54, 1.807) is 0 Å². The number of rotatable bonds is 11.